The van der Waals surface area contributed by atoms with Gasteiger partial charge in [-0.2, -0.15) is 0 Å². The number of hydrogen-bond acceptors (Lipinski definition) is 3. The number of halogens is 1. The molecular weight excluding hydrogens is 270 g/mol. The maximum absolute atomic E-state index is 5.79. The van der Waals surface area contributed by atoms with Gasteiger partial charge in [-0.1, -0.05) is 18.2 Å². The number of pyridine rings is 1. The molecule has 2 aromatic rings. The molecule has 3 rings (SSSR count). The van der Waals surface area contributed by atoms with E-state index in [0.717, 1.165) is 25.2 Å². The van der Waals surface area contributed by atoms with E-state index in [4.69, 9.17) is 5.73 Å². The number of benzene rings is 1. The van der Waals surface area contributed by atoms with Crippen molar-refractivity contribution in [3.63, 3.8) is 0 Å². The highest BCUT2D eigenvalue weighted by atomic mass is 35.5. The maximum Gasteiger partial charge on any atom is 0.0702 e. The number of hydrogen-bond donors (Lipinski definition) is 1. The van der Waals surface area contributed by atoms with Gasteiger partial charge in [-0.3, -0.25) is 9.88 Å². The van der Waals surface area contributed by atoms with E-state index in [1.807, 2.05) is 12.3 Å². The van der Waals surface area contributed by atoms with E-state index in [1.54, 1.807) is 0 Å². The van der Waals surface area contributed by atoms with Gasteiger partial charge >= 0.3 is 0 Å². The molecule has 1 fully saturated rings. The molecule has 2 atom stereocenters. The van der Waals surface area contributed by atoms with E-state index in [-0.39, 0.29) is 12.4 Å². The average molecular weight is 292 g/mol. The molecule has 1 aromatic carbocycles. The van der Waals surface area contributed by atoms with Crippen molar-refractivity contribution in [2.75, 3.05) is 13.1 Å². The van der Waals surface area contributed by atoms with Crippen molar-refractivity contribution >= 4 is 23.3 Å². The molecule has 0 saturated carbocycles. The predicted octanol–water partition coefficient (Wildman–Crippen LogP) is 2.83. The van der Waals surface area contributed by atoms with Crippen LogP contribution >= 0.6 is 12.4 Å². The molecule has 0 aliphatic carbocycles. The first-order chi connectivity index (χ1) is 9.26. The smallest absolute Gasteiger partial charge is 0.0702 e. The highest BCUT2D eigenvalue weighted by Gasteiger charge is 2.27. The number of rotatable bonds is 3. The zero-order chi connectivity index (χ0) is 13.2. The second kappa shape index (κ2) is 6.53. The molecule has 0 bridgehead atoms. The predicted molar refractivity (Wildman–Crippen MR) is 86.0 cm³/mol. The number of likely N-dealkylation sites (tertiary alicyclic amines) is 1. The maximum atomic E-state index is 5.79. The monoisotopic (exact) mass is 291 g/mol. The van der Waals surface area contributed by atoms with E-state index in [0.29, 0.717) is 12.0 Å². The first-order valence-electron chi connectivity index (χ1n) is 7.04. The van der Waals surface area contributed by atoms with Gasteiger partial charge in [0.25, 0.3) is 0 Å². The van der Waals surface area contributed by atoms with Gasteiger partial charge < -0.3 is 5.73 Å². The van der Waals surface area contributed by atoms with Gasteiger partial charge in [0.1, 0.15) is 0 Å². The number of aromatic nitrogens is 1. The average Bonchev–Trinajstić information content (AvgIpc) is 2.79. The van der Waals surface area contributed by atoms with Crippen molar-refractivity contribution in [1.29, 1.82) is 0 Å². The lowest BCUT2D eigenvalue weighted by Gasteiger charge is -2.21. The summed E-state index contributed by atoms with van der Waals surface area (Å²) in [6.45, 7) is 5.20. The van der Waals surface area contributed by atoms with Crippen LogP contribution in [0, 0.1) is 5.92 Å². The fourth-order valence-corrected chi connectivity index (χ4v) is 3.05. The normalized spacial score (nSPS) is 22.9. The van der Waals surface area contributed by atoms with Gasteiger partial charge in [-0.15, -0.1) is 12.4 Å². The Hall–Kier alpha value is -1.16. The van der Waals surface area contributed by atoms with Gasteiger partial charge in [-0.25, -0.2) is 0 Å². The third kappa shape index (κ3) is 3.11. The van der Waals surface area contributed by atoms with Crippen LogP contribution in [0.2, 0.25) is 0 Å². The Labute approximate surface area is 126 Å². The highest BCUT2D eigenvalue weighted by molar-refractivity contribution is 5.85. The molecule has 1 aliphatic rings. The molecule has 3 nitrogen and oxygen atoms in total. The standard InChI is InChI=1S/C16H21N3.ClH/c1-12-6-13(8-17)10-19(12)11-14-7-15-4-2-3-5-16(15)18-9-14;/h2-5,7,9,12-13H,6,8,10-11,17H2,1H3;1H. The lowest BCUT2D eigenvalue weighted by atomic mass is 10.1. The van der Waals surface area contributed by atoms with Crippen LogP contribution in [-0.4, -0.2) is 29.0 Å². The molecule has 1 aromatic heterocycles. The van der Waals surface area contributed by atoms with Crippen LogP contribution in [0.4, 0.5) is 0 Å². The summed E-state index contributed by atoms with van der Waals surface area (Å²) in [4.78, 5) is 7.05. The summed E-state index contributed by atoms with van der Waals surface area (Å²) < 4.78 is 0. The highest BCUT2D eigenvalue weighted by Crippen LogP contribution is 2.24. The van der Waals surface area contributed by atoms with Crippen molar-refractivity contribution in [2.45, 2.75) is 25.9 Å². The summed E-state index contributed by atoms with van der Waals surface area (Å²) in [5, 5.41) is 1.22. The minimum Gasteiger partial charge on any atom is -0.330 e. The van der Waals surface area contributed by atoms with E-state index in [1.165, 1.54) is 17.4 Å². The van der Waals surface area contributed by atoms with Crippen molar-refractivity contribution < 1.29 is 0 Å². The van der Waals surface area contributed by atoms with Crippen molar-refractivity contribution in [3.05, 3.63) is 42.1 Å². The number of nitrogens with two attached hydrogens (primary N) is 1. The molecule has 108 valence electrons. The Morgan fingerprint density at radius 3 is 2.90 bits per heavy atom. The molecule has 0 radical (unpaired) electrons. The van der Waals surface area contributed by atoms with Crippen LogP contribution in [0.25, 0.3) is 10.9 Å². The topological polar surface area (TPSA) is 42.1 Å². The largest absolute Gasteiger partial charge is 0.330 e. The fourth-order valence-electron chi connectivity index (χ4n) is 3.05. The molecule has 2 unspecified atom stereocenters. The third-order valence-corrected chi connectivity index (χ3v) is 4.16. The third-order valence-electron chi connectivity index (χ3n) is 4.16. The van der Waals surface area contributed by atoms with Crippen LogP contribution in [0.15, 0.2) is 36.5 Å². The Balaban J connectivity index is 0.00000147. The minimum absolute atomic E-state index is 0. The van der Waals surface area contributed by atoms with E-state index in [9.17, 15) is 0 Å². The molecule has 1 saturated heterocycles. The molecule has 2 heterocycles. The summed E-state index contributed by atoms with van der Waals surface area (Å²) in [7, 11) is 0. The number of nitrogens with zero attached hydrogens (tertiary/aromatic N) is 2. The minimum atomic E-state index is 0. The molecule has 0 spiro atoms. The zero-order valence-electron chi connectivity index (χ0n) is 11.8. The Morgan fingerprint density at radius 2 is 2.15 bits per heavy atom. The molecule has 0 amide bonds. The molecule has 1 aliphatic heterocycles. The summed E-state index contributed by atoms with van der Waals surface area (Å²) in [5.41, 5.74) is 8.15. The zero-order valence-corrected chi connectivity index (χ0v) is 12.6. The van der Waals surface area contributed by atoms with Gasteiger partial charge in [0, 0.05) is 30.7 Å². The van der Waals surface area contributed by atoms with Gasteiger partial charge in [-0.05, 0) is 43.5 Å². The van der Waals surface area contributed by atoms with Crippen LogP contribution in [0.5, 0.6) is 0 Å². The van der Waals surface area contributed by atoms with Crippen molar-refractivity contribution in [3.8, 4) is 0 Å². The lowest BCUT2D eigenvalue weighted by Crippen LogP contribution is -2.27. The van der Waals surface area contributed by atoms with Crippen molar-refractivity contribution in [2.24, 2.45) is 11.7 Å². The van der Waals surface area contributed by atoms with Gasteiger partial charge in [0.05, 0.1) is 5.52 Å². The second-order valence-electron chi connectivity index (χ2n) is 5.65. The number of para-hydroxylation sites is 1. The van der Waals surface area contributed by atoms with Crippen LogP contribution in [0.3, 0.4) is 0 Å². The molecular formula is C16H22ClN3. The quantitative estimate of drug-likeness (QED) is 0.945. The van der Waals surface area contributed by atoms with Crippen LogP contribution in [-0.2, 0) is 6.54 Å². The van der Waals surface area contributed by atoms with E-state index >= 15 is 0 Å². The summed E-state index contributed by atoms with van der Waals surface area (Å²) in [5.74, 6) is 0.656. The summed E-state index contributed by atoms with van der Waals surface area (Å²) >= 11 is 0. The van der Waals surface area contributed by atoms with Crippen molar-refractivity contribution in [1.82, 2.24) is 9.88 Å². The Bertz CT molecular complexity index is 572. The molecule has 4 heteroatoms. The van der Waals surface area contributed by atoms with Crippen LogP contribution in [0.1, 0.15) is 18.9 Å². The molecule has 20 heavy (non-hydrogen) atoms. The second-order valence-corrected chi connectivity index (χ2v) is 5.65. The Morgan fingerprint density at radius 1 is 1.35 bits per heavy atom. The van der Waals surface area contributed by atoms with Crippen LogP contribution < -0.4 is 5.73 Å². The molecule has 2 N–H and O–H groups in total. The fraction of sp³-hybridized carbons (Fsp3) is 0.438. The summed E-state index contributed by atoms with van der Waals surface area (Å²) in [6.07, 6.45) is 3.22. The summed E-state index contributed by atoms with van der Waals surface area (Å²) in [6, 6.07) is 11.2. The van der Waals surface area contributed by atoms with E-state index in [2.05, 4.69) is 41.1 Å². The van der Waals surface area contributed by atoms with Gasteiger partial charge in [0.2, 0.25) is 0 Å². The first kappa shape index (κ1) is 15.2. The number of fused-ring (bicyclic) bond motifs is 1. The first-order valence-corrected chi connectivity index (χ1v) is 7.04. The van der Waals surface area contributed by atoms with Gasteiger partial charge in [0.15, 0.2) is 0 Å². The SMILES string of the molecule is CC1CC(CN)CN1Cc1cnc2ccccc2c1.Cl. The lowest BCUT2D eigenvalue weighted by molar-refractivity contribution is 0.256. The Kier molecular flexibility index (Phi) is 4.97. The van der Waals surface area contributed by atoms with E-state index < -0.39 is 0 Å².